The molecule has 94 valence electrons. The fourth-order valence-electron chi connectivity index (χ4n) is 1.24. The number of carbonyl (C=O) groups excluding carboxylic acids is 1. The Kier molecular flexibility index (Phi) is 4.31. The summed E-state index contributed by atoms with van der Waals surface area (Å²) in [6.07, 6.45) is 0. The van der Waals surface area contributed by atoms with E-state index in [4.69, 9.17) is 5.11 Å². The molecule has 6 heteroatoms. The van der Waals surface area contributed by atoms with Crippen LogP contribution >= 0.6 is 0 Å². The summed E-state index contributed by atoms with van der Waals surface area (Å²) in [5.41, 5.74) is -0.111. The summed E-state index contributed by atoms with van der Waals surface area (Å²) < 4.78 is 0. The molecule has 2 N–H and O–H groups in total. The smallest absolute Gasteiger partial charge is 0.337 e. The maximum Gasteiger partial charge on any atom is 0.337 e. The second-order valence-electron chi connectivity index (χ2n) is 3.51. The van der Waals surface area contributed by atoms with Gasteiger partial charge in [-0.15, -0.1) is 10.2 Å². The van der Waals surface area contributed by atoms with E-state index in [2.05, 4.69) is 10.2 Å². The molecule has 1 aromatic rings. The molecule has 0 unspecified atom stereocenters. The molecule has 6 nitrogen and oxygen atoms in total. The van der Waals surface area contributed by atoms with Gasteiger partial charge >= 0.3 is 5.97 Å². The number of aromatic carboxylic acids is 1. The number of benzene rings is 1. The van der Waals surface area contributed by atoms with E-state index in [1.165, 1.54) is 26.0 Å². The number of allylic oxidation sites excluding steroid dienone is 2. The van der Waals surface area contributed by atoms with Gasteiger partial charge in [0.1, 0.15) is 11.4 Å². The van der Waals surface area contributed by atoms with Crippen molar-refractivity contribution in [3.8, 4) is 0 Å². The SMILES string of the molecule is CC(=O)C(N=Nc1ccccc1C(=O)O)=C(C)O. The summed E-state index contributed by atoms with van der Waals surface area (Å²) in [6.45, 7) is 2.54. The highest BCUT2D eigenvalue weighted by atomic mass is 16.4. The van der Waals surface area contributed by atoms with Crippen LogP contribution in [0, 0.1) is 0 Å². The normalized spacial score (nSPS) is 12.3. The highest BCUT2D eigenvalue weighted by molar-refractivity contribution is 5.94. The van der Waals surface area contributed by atoms with Crippen molar-refractivity contribution in [2.45, 2.75) is 13.8 Å². The van der Waals surface area contributed by atoms with Crippen LogP contribution in [-0.2, 0) is 4.79 Å². The number of rotatable bonds is 4. The number of carbonyl (C=O) groups is 2. The molecule has 0 atom stereocenters. The van der Waals surface area contributed by atoms with E-state index in [-0.39, 0.29) is 22.7 Å². The fourth-order valence-corrected chi connectivity index (χ4v) is 1.24. The van der Waals surface area contributed by atoms with Gasteiger partial charge < -0.3 is 10.2 Å². The molecule has 0 bridgehead atoms. The Morgan fingerprint density at radius 3 is 2.22 bits per heavy atom. The van der Waals surface area contributed by atoms with Crippen LogP contribution in [0.25, 0.3) is 0 Å². The highest BCUT2D eigenvalue weighted by Crippen LogP contribution is 2.20. The number of carboxylic acids is 1. The quantitative estimate of drug-likeness (QED) is 0.486. The van der Waals surface area contributed by atoms with E-state index in [9.17, 15) is 14.7 Å². The first-order chi connectivity index (χ1) is 8.43. The van der Waals surface area contributed by atoms with Crippen LogP contribution in [0.2, 0.25) is 0 Å². The number of ketones is 1. The Labute approximate surface area is 103 Å². The minimum atomic E-state index is -1.14. The molecule has 0 saturated carbocycles. The third-order valence-electron chi connectivity index (χ3n) is 2.07. The van der Waals surface area contributed by atoms with Crippen molar-refractivity contribution < 1.29 is 19.8 Å². The van der Waals surface area contributed by atoms with E-state index in [0.717, 1.165) is 0 Å². The number of aliphatic hydroxyl groups excluding tert-OH is 1. The van der Waals surface area contributed by atoms with Crippen molar-refractivity contribution in [2.24, 2.45) is 10.2 Å². The average Bonchev–Trinajstić information content (AvgIpc) is 2.28. The first kappa shape index (κ1) is 13.6. The number of Topliss-reactive ketones (excluding diaryl/α,β-unsaturated/α-hetero) is 1. The summed E-state index contributed by atoms with van der Waals surface area (Å²) in [5.74, 6) is -1.86. The van der Waals surface area contributed by atoms with Crippen LogP contribution in [0.4, 0.5) is 5.69 Å². The molecule has 1 aromatic carbocycles. The topological polar surface area (TPSA) is 99.3 Å². The number of aliphatic hydroxyl groups is 1. The van der Waals surface area contributed by atoms with Gasteiger partial charge in [-0.1, -0.05) is 12.1 Å². The third-order valence-corrected chi connectivity index (χ3v) is 2.07. The molecule has 0 radical (unpaired) electrons. The van der Waals surface area contributed by atoms with Gasteiger partial charge in [0.05, 0.1) is 5.56 Å². The summed E-state index contributed by atoms with van der Waals surface area (Å²) >= 11 is 0. The zero-order chi connectivity index (χ0) is 13.7. The van der Waals surface area contributed by atoms with Crippen LogP contribution in [-0.4, -0.2) is 22.0 Å². The molecule has 0 heterocycles. The molecule has 0 aliphatic heterocycles. The molecule has 0 fully saturated rings. The monoisotopic (exact) mass is 248 g/mol. The minimum absolute atomic E-state index is 0.0280. The van der Waals surface area contributed by atoms with Gasteiger partial charge in [-0.3, -0.25) is 4.79 Å². The minimum Gasteiger partial charge on any atom is -0.510 e. The zero-order valence-electron chi connectivity index (χ0n) is 9.91. The number of azo groups is 1. The third kappa shape index (κ3) is 3.24. The van der Waals surface area contributed by atoms with Crippen LogP contribution in [0.5, 0.6) is 0 Å². The first-order valence-electron chi connectivity index (χ1n) is 5.08. The second kappa shape index (κ2) is 5.72. The first-order valence-corrected chi connectivity index (χ1v) is 5.08. The molecule has 18 heavy (non-hydrogen) atoms. The lowest BCUT2D eigenvalue weighted by Gasteiger charge is -2.00. The Morgan fingerprint density at radius 1 is 1.11 bits per heavy atom. The molecule has 0 saturated heterocycles. The Hall–Kier alpha value is -2.50. The summed E-state index contributed by atoms with van der Waals surface area (Å²) in [7, 11) is 0. The van der Waals surface area contributed by atoms with E-state index >= 15 is 0 Å². The molecular weight excluding hydrogens is 236 g/mol. The van der Waals surface area contributed by atoms with Crippen molar-refractivity contribution in [1.82, 2.24) is 0 Å². The van der Waals surface area contributed by atoms with Crippen LogP contribution < -0.4 is 0 Å². The maximum absolute atomic E-state index is 11.1. The molecule has 1 rings (SSSR count). The molecule has 0 aromatic heterocycles. The van der Waals surface area contributed by atoms with Gasteiger partial charge in [-0.2, -0.15) is 0 Å². The number of hydrogen-bond acceptors (Lipinski definition) is 5. The van der Waals surface area contributed by atoms with Gasteiger partial charge in [-0.05, 0) is 19.1 Å². The summed E-state index contributed by atoms with van der Waals surface area (Å²) in [5, 5.41) is 25.4. The van der Waals surface area contributed by atoms with Gasteiger partial charge in [0.15, 0.2) is 11.5 Å². The van der Waals surface area contributed by atoms with Crippen molar-refractivity contribution in [3.63, 3.8) is 0 Å². The molecule has 0 aliphatic rings. The Balaban J connectivity index is 3.16. The van der Waals surface area contributed by atoms with Gasteiger partial charge in [0.2, 0.25) is 0 Å². The zero-order valence-corrected chi connectivity index (χ0v) is 9.91. The summed E-state index contributed by atoms with van der Waals surface area (Å²) in [4.78, 5) is 22.0. The van der Waals surface area contributed by atoms with Crippen molar-refractivity contribution in [3.05, 3.63) is 41.3 Å². The van der Waals surface area contributed by atoms with Crippen molar-refractivity contribution >= 4 is 17.4 Å². The van der Waals surface area contributed by atoms with Gasteiger partial charge in [0, 0.05) is 6.92 Å². The van der Waals surface area contributed by atoms with Gasteiger partial charge in [0.25, 0.3) is 0 Å². The lowest BCUT2D eigenvalue weighted by molar-refractivity contribution is -0.113. The van der Waals surface area contributed by atoms with Crippen LogP contribution in [0.3, 0.4) is 0 Å². The lowest BCUT2D eigenvalue weighted by Crippen LogP contribution is -1.98. The predicted molar refractivity (Wildman–Crippen MR) is 63.9 cm³/mol. The van der Waals surface area contributed by atoms with E-state index in [0.29, 0.717) is 0 Å². The highest BCUT2D eigenvalue weighted by Gasteiger charge is 2.10. The average molecular weight is 248 g/mol. The van der Waals surface area contributed by atoms with Crippen LogP contribution in [0.1, 0.15) is 24.2 Å². The maximum atomic E-state index is 11.1. The standard InChI is InChI=1S/C12H12N2O4/c1-7(15)11(8(2)16)14-13-10-6-4-3-5-9(10)12(17)18/h3-6,15H,1-2H3,(H,17,18). The second-order valence-corrected chi connectivity index (χ2v) is 3.51. The van der Waals surface area contributed by atoms with Crippen LogP contribution in [0.15, 0.2) is 46.0 Å². The Bertz CT molecular complexity index is 543. The molecule has 0 amide bonds. The predicted octanol–water partition coefficient (Wildman–Crippen LogP) is 2.85. The lowest BCUT2D eigenvalue weighted by atomic mass is 10.2. The number of hydrogen-bond donors (Lipinski definition) is 2. The van der Waals surface area contributed by atoms with E-state index in [1.807, 2.05) is 0 Å². The molecular formula is C12H12N2O4. The van der Waals surface area contributed by atoms with Crippen molar-refractivity contribution in [2.75, 3.05) is 0 Å². The van der Waals surface area contributed by atoms with Gasteiger partial charge in [-0.25, -0.2) is 4.79 Å². The van der Waals surface area contributed by atoms with Crippen molar-refractivity contribution in [1.29, 1.82) is 0 Å². The number of nitrogens with zero attached hydrogens (tertiary/aromatic N) is 2. The van der Waals surface area contributed by atoms with E-state index < -0.39 is 11.8 Å². The fraction of sp³-hybridized carbons (Fsp3) is 0.167. The molecule has 0 spiro atoms. The summed E-state index contributed by atoms with van der Waals surface area (Å²) in [6, 6.07) is 5.99. The molecule has 0 aliphatic carbocycles. The number of carboxylic acid groups (broad SMARTS) is 1. The largest absolute Gasteiger partial charge is 0.510 e. The van der Waals surface area contributed by atoms with E-state index in [1.54, 1.807) is 12.1 Å². The Morgan fingerprint density at radius 2 is 1.72 bits per heavy atom.